The van der Waals surface area contributed by atoms with Crippen molar-refractivity contribution in [1.29, 1.82) is 5.26 Å². The van der Waals surface area contributed by atoms with Crippen LogP contribution in [-0.2, 0) is 16.1 Å². The number of carbonyl (C=O) groups is 3. The molecule has 3 aromatic rings. The third-order valence-corrected chi connectivity index (χ3v) is 5.00. The first-order valence-electron chi connectivity index (χ1n) is 10.0. The van der Waals surface area contributed by atoms with Crippen molar-refractivity contribution in [3.8, 4) is 6.07 Å². The zero-order valence-corrected chi connectivity index (χ0v) is 17.6. The molecule has 0 saturated heterocycles. The third-order valence-electron chi connectivity index (χ3n) is 5.00. The minimum Gasteiger partial charge on any atom is -0.345 e. The molecule has 0 aromatic heterocycles. The van der Waals surface area contributed by atoms with Gasteiger partial charge in [0.15, 0.2) is 11.6 Å². The van der Waals surface area contributed by atoms with Crippen LogP contribution in [-0.4, -0.2) is 24.3 Å². The average Bonchev–Trinajstić information content (AvgIpc) is 2.82. The molecule has 0 aliphatic carbocycles. The number of hydrogen-bond acceptors (Lipinski definition) is 4. The predicted molar refractivity (Wildman–Crippen MR) is 117 cm³/mol. The van der Waals surface area contributed by atoms with Crippen LogP contribution in [0.15, 0.2) is 54.6 Å². The molecular formula is C24H20F2N4O3. The molecule has 0 aliphatic heterocycles. The summed E-state index contributed by atoms with van der Waals surface area (Å²) in [7, 11) is 0. The Balaban J connectivity index is 1.81. The Morgan fingerprint density at radius 2 is 1.64 bits per heavy atom. The lowest BCUT2D eigenvalue weighted by molar-refractivity contribution is -0.139. The molecule has 1 atom stereocenters. The summed E-state index contributed by atoms with van der Waals surface area (Å²) in [6.45, 7) is 0.999. The van der Waals surface area contributed by atoms with Crippen molar-refractivity contribution >= 4 is 28.5 Å². The number of nitrogens with zero attached hydrogens (tertiary/aromatic N) is 1. The summed E-state index contributed by atoms with van der Waals surface area (Å²) in [5.74, 6) is -5.24. The van der Waals surface area contributed by atoms with E-state index in [1.54, 1.807) is 13.0 Å². The van der Waals surface area contributed by atoms with Gasteiger partial charge in [0.1, 0.15) is 6.54 Å². The van der Waals surface area contributed by atoms with Crippen LogP contribution in [0, 0.1) is 23.0 Å². The van der Waals surface area contributed by atoms with Crippen LogP contribution in [0.3, 0.4) is 0 Å². The van der Waals surface area contributed by atoms with Gasteiger partial charge in [0.2, 0.25) is 0 Å². The van der Waals surface area contributed by atoms with Crippen LogP contribution in [0.5, 0.6) is 0 Å². The van der Waals surface area contributed by atoms with Crippen LogP contribution in [0.1, 0.15) is 34.5 Å². The Hall–Kier alpha value is -4.32. The molecule has 0 bridgehead atoms. The minimum atomic E-state index is -1.22. The summed E-state index contributed by atoms with van der Waals surface area (Å²) in [5.41, 5.74) is 0.643. The molecule has 9 heteroatoms. The standard InChI is InChI=1S/C24H20F2N4O3/c1-14(17-8-4-6-15-5-2-3-7-18(15)17)30-22(31)19-12-21(26)20(25)11-16(19)13-29-24(33)23(32)28-10-9-27/h2-8,11-12,14H,10,13H2,1H3,(H,28,32)(H,29,33)(H,30,31)/t14-/m1/s1. The molecule has 3 N–H and O–H groups in total. The molecule has 3 aromatic carbocycles. The zero-order chi connectivity index (χ0) is 24.0. The zero-order valence-electron chi connectivity index (χ0n) is 17.6. The molecule has 168 valence electrons. The van der Waals surface area contributed by atoms with Gasteiger partial charge in [0, 0.05) is 12.1 Å². The highest BCUT2D eigenvalue weighted by Crippen LogP contribution is 2.25. The lowest BCUT2D eigenvalue weighted by Crippen LogP contribution is -2.40. The quantitative estimate of drug-likeness (QED) is 0.396. The van der Waals surface area contributed by atoms with E-state index in [0.717, 1.165) is 28.5 Å². The maximum Gasteiger partial charge on any atom is 0.310 e. The molecule has 3 amide bonds. The van der Waals surface area contributed by atoms with E-state index in [9.17, 15) is 23.2 Å². The topological polar surface area (TPSA) is 111 Å². The van der Waals surface area contributed by atoms with E-state index in [1.807, 2.05) is 42.5 Å². The van der Waals surface area contributed by atoms with E-state index in [1.165, 1.54) is 0 Å². The Morgan fingerprint density at radius 1 is 0.970 bits per heavy atom. The van der Waals surface area contributed by atoms with E-state index < -0.39 is 41.9 Å². The Kier molecular flexibility index (Phi) is 7.31. The number of halogens is 2. The van der Waals surface area contributed by atoms with Crippen molar-refractivity contribution in [3.63, 3.8) is 0 Å². The number of fused-ring (bicyclic) bond motifs is 1. The second-order valence-corrected chi connectivity index (χ2v) is 7.21. The lowest BCUT2D eigenvalue weighted by atomic mass is 9.99. The number of benzene rings is 3. The summed E-state index contributed by atoms with van der Waals surface area (Å²) in [5, 5.41) is 17.4. The fourth-order valence-electron chi connectivity index (χ4n) is 3.38. The molecule has 0 fully saturated rings. The van der Waals surface area contributed by atoms with Crippen molar-refractivity contribution < 1.29 is 23.2 Å². The van der Waals surface area contributed by atoms with Gasteiger partial charge in [0.05, 0.1) is 12.1 Å². The van der Waals surface area contributed by atoms with Crippen molar-refractivity contribution in [3.05, 3.63) is 82.9 Å². The van der Waals surface area contributed by atoms with Gasteiger partial charge in [-0.3, -0.25) is 14.4 Å². The van der Waals surface area contributed by atoms with Gasteiger partial charge >= 0.3 is 11.8 Å². The highest BCUT2D eigenvalue weighted by atomic mass is 19.2. The van der Waals surface area contributed by atoms with Crippen LogP contribution in [0.2, 0.25) is 0 Å². The Morgan fingerprint density at radius 3 is 2.39 bits per heavy atom. The summed E-state index contributed by atoms with van der Waals surface area (Å²) < 4.78 is 27.8. The Bertz CT molecular complexity index is 1270. The first-order chi connectivity index (χ1) is 15.8. The number of nitriles is 1. The summed E-state index contributed by atoms with van der Waals surface area (Å²) in [4.78, 5) is 36.4. The van der Waals surface area contributed by atoms with Crippen LogP contribution >= 0.6 is 0 Å². The SMILES string of the molecule is C[C@@H](NC(=O)c1cc(F)c(F)cc1CNC(=O)C(=O)NCC#N)c1cccc2ccccc12. The van der Waals surface area contributed by atoms with E-state index in [0.29, 0.717) is 0 Å². The number of rotatable bonds is 6. The molecule has 0 aliphatic rings. The first kappa shape index (κ1) is 23.3. The number of amides is 3. The van der Waals surface area contributed by atoms with Gasteiger partial charge in [-0.25, -0.2) is 8.78 Å². The molecule has 33 heavy (non-hydrogen) atoms. The maximum absolute atomic E-state index is 13.9. The fraction of sp³-hybridized carbons (Fsp3) is 0.167. The second-order valence-electron chi connectivity index (χ2n) is 7.21. The van der Waals surface area contributed by atoms with Gasteiger partial charge in [-0.05, 0) is 41.0 Å². The maximum atomic E-state index is 13.9. The largest absolute Gasteiger partial charge is 0.345 e. The molecule has 0 heterocycles. The van der Waals surface area contributed by atoms with E-state index in [2.05, 4.69) is 16.0 Å². The minimum absolute atomic E-state index is 0.0158. The normalized spacial score (nSPS) is 11.3. The van der Waals surface area contributed by atoms with Gasteiger partial charge in [0.25, 0.3) is 5.91 Å². The third kappa shape index (κ3) is 5.49. The second kappa shape index (κ2) is 10.3. The average molecular weight is 450 g/mol. The van der Waals surface area contributed by atoms with Gasteiger partial charge < -0.3 is 16.0 Å². The molecule has 0 unspecified atom stereocenters. The van der Waals surface area contributed by atoms with Crippen LogP contribution in [0.4, 0.5) is 8.78 Å². The summed E-state index contributed by atoms with van der Waals surface area (Å²) >= 11 is 0. The molecule has 0 radical (unpaired) electrons. The van der Waals surface area contributed by atoms with Crippen LogP contribution in [0.25, 0.3) is 10.8 Å². The highest BCUT2D eigenvalue weighted by molar-refractivity contribution is 6.35. The first-order valence-corrected chi connectivity index (χ1v) is 10.0. The number of nitrogens with one attached hydrogen (secondary N) is 3. The van der Waals surface area contributed by atoms with Crippen molar-refractivity contribution in [2.75, 3.05) is 6.54 Å². The highest BCUT2D eigenvalue weighted by Gasteiger charge is 2.20. The molecule has 3 rings (SSSR count). The van der Waals surface area contributed by atoms with Crippen molar-refractivity contribution in [2.45, 2.75) is 19.5 Å². The van der Waals surface area contributed by atoms with Crippen molar-refractivity contribution in [2.24, 2.45) is 0 Å². The van der Waals surface area contributed by atoms with Crippen molar-refractivity contribution in [1.82, 2.24) is 16.0 Å². The fourth-order valence-corrected chi connectivity index (χ4v) is 3.38. The van der Waals surface area contributed by atoms with Gasteiger partial charge in [-0.15, -0.1) is 0 Å². The van der Waals surface area contributed by atoms with E-state index >= 15 is 0 Å². The summed E-state index contributed by atoms with van der Waals surface area (Å²) in [6, 6.07) is 16.0. The molecule has 7 nitrogen and oxygen atoms in total. The Labute approximate surface area is 188 Å². The smallest absolute Gasteiger partial charge is 0.310 e. The predicted octanol–water partition coefficient (Wildman–Crippen LogP) is 2.86. The number of carbonyl (C=O) groups excluding carboxylic acids is 3. The lowest BCUT2D eigenvalue weighted by Gasteiger charge is -2.18. The van der Waals surface area contributed by atoms with E-state index in [-0.39, 0.29) is 17.7 Å². The molecular weight excluding hydrogens is 430 g/mol. The monoisotopic (exact) mass is 450 g/mol. The molecule has 0 spiro atoms. The summed E-state index contributed by atoms with van der Waals surface area (Å²) in [6.07, 6.45) is 0. The number of hydrogen-bond donors (Lipinski definition) is 3. The van der Waals surface area contributed by atoms with E-state index in [4.69, 9.17) is 5.26 Å². The van der Waals surface area contributed by atoms with Gasteiger partial charge in [-0.2, -0.15) is 5.26 Å². The van der Waals surface area contributed by atoms with Gasteiger partial charge in [-0.1, -0.05) is 42.5 Å². The molecule has 0 saturated carbocycles. The van der Waals surface area contributed by atoms with Crippen LogP contribution < -0.4 is 16.0 Å².